The zero-order valence-corrected chi connectivity index (χ0v) is 9.50. The third kappa shape index (κ3) is 2.02. The van der Waals surface area contributed by atoms with Crippen molar-refractivity contribution in [2.75, 3.05) is 7.11 Å². The molecule has 0 amide bonds. The molecular formula is C12H16O3. The summed E-state index contributed by atoms with van der Waals surface area (Å²) in [7, 11) is 1.41. The van der Waals surface area contributed by atoms with E-state index in [0.29, 0.717) is 5.56 Å². The van der Waals surface area contributed by atoms with Gasteiger partial charge in [-0.3, -0.25) is 0 Å². The molecule has 0 bridgehead atoms. The third-order valence-corrected chi connectivity index (χ3v) is 2.71. The van der Waals surface area contributed by atoms with Gasteiger partial charge >= 0.3 is 5.97 Å². The number of benzene rings is 1. The quantitative estimate of drug-likeness (QED) is 0.828. The van der Waals surface area contributed by atoms with Crippen LogP contribution in [0.2, 0.25) is 0 Å². The summed E-state index contributed by atoms with van der Waals surface area (Å²) in [4.78, 5) is 11.2. The highest BCUT2D eigenvalue weighted by Gasteiger charge is 2.36. The van der Waals surface area contributed by atoms with Gasteiger partial charge in [-0.1, -0.05) is 23.8 Å². The van der Waals surface area contributed by atoms with Gasteiger partial charge in [-0.05, 0) is 31.9 Å². The van der Waals surface area contributed by atoms with Crippen molar-refractivity contribution in [3.63, 3.8) is 0 Å². The van der Waals surface area contributed by atoms with Crippen LogP contribution in [-0.4, -0.2) is 18.2 Å². The van der Waals surface area contributed by atoms with E-state index in [4.69, 9.17) is 9.84 Å². The Morgan fingerprint density at radius 3 is 2.40 bits per heavy atom. The van der Waals surface area contributed by atoms with Crippen molar-refractivity contribution in [1.82, 2.24) is 0 Å². The number of carboxylic acid groups (broad SMARTS) is 1. The number of aryl methyl sites for hydroxylation is 2. The number of rotatable bonds is 3. The predicted octanol–water partition coefficient (Wildman–Crippen LogP) is 2.25. The van der Waals surface area contributed by atoms with Crippen molar-refractivity contribution in [3.05, 3.63) is 34.9 Å². The van der Waals surface area contributed by atoms with E-state index in [0.717, 1.165) is 11.1 Å². The second kappa shape index (κ2) is 4.03. The van der Waals surface area contributed by atoms with Crippen LogP contribution in [0.5, 0.6) is 0 Å². The van der Waals surface area contributed by atoms with Crippen LogP contribution in [0, 0.1) is 13.8 Å². The highest BCUT2D eigenvalue weighted by molar-refractivity contribution is 5.79. The van der Waals surface area contributed by atoms with Crippen molar-refractivity contribution in [1.29, 1.82) is 0 Å². The number of hydrogen-bond acceptors (Lipinski definition) is 2. The fourth-order valence-corrected chi connectivity index (χ4v) is 1.66. The zero-order chi connectivity index (χ0) is 11.6. The second-order valence-corrected chi connectivity index (χ2v) is 3.86. The Morgan fingerprint density at radius 2 is 2.00 bits per heavy atom. The highest BCUT2D eigenvalue weighted by Crippen LogP contribution is 2.28. The molecule has 1 unspecified atom stereocenters. The van der Waals surface area contributed by atoms with Gasteiger partial charge in [0, 0.05) is 7.11 Å². The first kappa shape index (κ1) is 11.7. The van der Waals surface area contributed by atoms with E-state index < -0.39 is 11.6 Å². The summed E-state index contributed by atoms with van der Waals surface area (Å²) < 4.78 is 5.11. The van der Waals surface area contributed by atoms with Crippen molar-refractivity contribution in [2.45, 2.75) is 26.4 Å². The number of ether oxygens (including phenoxy) is 1. The fraction of sp³-hybridized carbons (Fsp3) is 0.417. The van der Waals surface area contributed by atoms with Crippen molar-refractivity contribution in [3.8, 4) is 0 Å². The first-order chi connectivity index (χ1) is 6.91. The molecule has 0 aliphatic rings. The molecule has 0 aromatic heterocycles. The van der Waals surface area contributed by atoms with Crippen LogP contribution in [-0.2, 0) is 15.1 Å². The molecule has 0 heterocycles. The Labute approximate surface area is 89.7 Å². The number of carboxylic acids is 1. The summed E-state index contributed by atoms with van der Waals surface area (Å²) in [5, 5.41) is 9.15. The Hall–Kier alpha value is -1.35. The van der Waals surface area contributed by atoms with Crippen LogP contribution in [0.15, 0.2) is 18.2 Å². The number of methoxy groups -OCH3 is 1. The summed E-state index contributed by atoms with van der Waals surface area (Å²) in [6, 6.07) is 5.65. The molecule has 82 valence electrons. The molecule has 0 spiro atoms. The van der Waals surface area contributed by atoms with Gasteiger partial charge in [-0.2, -0.15) is 0 Å². The average molecular weight is 208 g/mol. The SMILES string of the molecule is COC(C)(C(=O)O)c1ccc(C)cc1C. The topological polar surface area (TPSA) is 46.5 Å². The molecule has 1 aromatic carbocycles. The van der Waals surface area contributed by atoms with Crippen LogP contribution >= 0.6 is 0 Å². The third-order valence-electron chi connectivity index (χ3n) is 2.71. The molecule has 1 aromatic rings. The smallest absolute Gasteiger partial charge is 0.340 e. The summed E-state index contributed by atoms with van der Waals surface area (Å²) in [6.07, 6.45) is 0. The first-order valence-corrected chi connectivity index (χ1v) is 4.78. The van der Waals surface area contributed by atoms with E-state index >= 15 is 0 Å². The molecule has 3 nitrogen and oxygen atoms in total. The van der Waals surface area contributed by atoms with Crippen LogP contribution in [0.25, 0.3) is 0 Å². The molecule has 0 radical (unpaired) electrons. The fourth-order valence-electron chi connectivity index (χ4n) is 1.66. The van der Waals surface area contributed by atoms with E-state index in [1.165, 1.54) is 7.11 Å². The summed E-state index contributed by atoms with van der Waals surface area (Å²) >= 11 is 0. The van der Waals surface area contributed by atoms with Gasteiger partial charge in [0.25, 0.3) is 0 Å². The lowest BCUT2D eigenvalue weighted by atomic mass is 9.91. The second-order valence-electron chi connectivity index (χ2n) is 3.86. The molecule has 0 aliphatic carbocycles. The standard InChI is InChI=1S/C12H16O3/c1-8-5-6-10(9(2)7-8)12(3,15-4)11(13)14/h5-7H,1-4H3,(H,13,14). The normalized spacial score (nSPS) is 14.7. The maximum absolute atomic E-state index is 11.2. The van der Waals surface area contributed by atoms with Gasteiger partial charge in [-0.15, -0.1) is 0 Å². The minimum Gasteiger partial charge on any atom is -0.479 e. The molecule has 0 aliphatic heterocycles. The summed E-state index contributed by atoms with van der Waals surface area (Å²) in [5.41, 5.74) is 1.47. The highest BCUT2D eigenvalue weighted by atomic mass is 16.5. The monoisotopic (exact) mass is 208 g/mol. The van der Waals surface area contributed by atoms with Crippen molar-refractivity contribution in [2.24, 2.45) is 0 Å². The number of aliphatic carboxylic acids is 1. The Morgan fingerprint density at radius 1 is 1.40 bits per heavy atom. The molecule has 0 saturated carbocycles. The lowest BCUT2D eigenvalue weighted by Gasteiger charge is -2.25. The largest absolute Gasteiger partial charge is 0.479 e. The minimum absolute atomic E-state index is 0.697. The molecule has 0 fully saturated rings. The van der Waals surface area contributed by atoms with Crippen molar-refractivity contribution < 1.29 is 14.6 Å². The van der Waals surface area contributed by atoms with Crippen LogP contribution < -0.4 is 0 Å². The Kier molecular flexibility index (Phi) is 3.15. The van der Waals surface area contributed by atoms with Gasteiger partial charge in [0.1, 0.15) is 0 Å². The van der Waals surface area contributed by atoms with E-state index in [2.05, 4.69) is 0 Å². The first-order valence-electron chi connectivity index (χ1n) is 4.78. The Balaban J connectivity index is 3.30. The van der Waals surface area contributed by atoms with Gasteiger partial charge in [0.05, 0.1) is 0 Å². The van der Waals surface area contributed by atoms with E-state index in [1.54, 1.807) is 6.92 Å². The maximum atomic E-state index is 11.2. The summed E-state index contributed by atoms with van der Waals surface area (Å²) in [5.74, 6) is -0.975. The predicted molar refractivity (Wildman–Crippen MR) is 57.9 cm³/mol. The van der Waals surface area contributed by atoms with Crippen LogP contribution in [0.4, 0.5) is 0 Å². The molecular weight excluding hydrogens is 192 g/mol. The molecule has 1 N–H and O–H groups in total. The van der Waals surface area contributed by atoms with Crippen LogP contribution in [0.3, 0.4) is 0 Å². The Bertz CT molecular complexity index is 384. The lowest BCUT2D eigenvalue weighted by Crippen LogP contribution is -2.35. The van der Waals surface area contributed by atoms with Gasteiger partial charge in [0.2, 0.25) is 0 Å². The summed E-state index contributed by atoms with van der Waals surface area (Å²) in [6.45, 7) is 5.43. The van der Waals surface area contributed by atoms with E-state index in [-0.39, 0.29) is 0 Å². The maximum Gasteiger partial charge on any atom is 0.340 e. The van der Waals surface area contributed by atoms with Gasteiger partial charge in [0.15, 0.2) is 5.60 Å². The molecule has 1 atom stereocenters. The van der Waals surface area contributed by atoms with Crippen LogP contribution in [0.1, 0.15) is 23.6 Å². The van der Waals surface area contributed by atoms with Gasteiger partial charge in [-0.25, -0.2) is 4.79 Å². The number of hydrogen-bond donors (Lipinski definition) is 1. The van der Waals surface area contributed by atoms with Gasteiger partial charge < -0.3 is 9.84 Å². The van der Waals surface area contributed by atoms with E-state index in [9.17, 15) is 4.79 Å². The molecule has 15 heavy (non-hydrogen) atoms. The van der Waals surface area contributed by atoms with Crippen molar-refractivity contribution >= 4 is 5.97 Å². The molecule has 3 heteroatoms. The number of carbonyl (C=O) groups is 1. The minimum atomic E-state index is -1.27. The molecule has 1 rings (SSSR count). The average Bonchev–Trinajstić information content (AvgIpc) is 2.16. The molecule has 0 saturated heterocycles. The van der Waals surface area contributed by atoms with E-state index in [1.807, 2.05) is 32.0 Å². The zero-order valence-electron chi connectivity index (χ0n) is 9.50. The lowest BCUT2D eigenvalue weighted by molar-refractivity contribution is -0.161.